The van der Waals surface area contributed by atoms with Crippen molar-refractivity contribution in [3.05, 3.63) is 29.8 Å². The zero-order chi connectivity index (χ0) is 13.1. The first-order valence-corrected chi connectivity index (χ1v) is 5.22. The molecule has 0 radical (unpaired) electrons. The van der Waals surface area contributed by atoms with Crippen LogP contribution in [-0.4, -0.2) is 23.3 Å². The van der Waals surface area contributed by atoms with Crippen LogP contribution in [0.25, 0.3) is 0 Å². The molecule has 0 fully saturated rings. The molecule has 0 unspecified atom stereocenters. The minimum Gasteiger partial charge on any atom is -0.465 e. The Balaban J connectivity index is 3.05. The molecule has 1 heterocycles. The monoisotopic (exact) mass is 239 g/mol. The number of hydrogen-bond acceptors (Lipinski definition) is 4. The van der Waals surface area contributed by atoms with E-state index in [1.807, 2.05) is 0 Å². The van der Waals surface area contributed by atoms with Crippen LogP contribution in [0.2, 0.25) is 0 Å². The van der Waals surface area contributed by atoms with Crippen LogP contribution < -0.4 is 0 Å². The molecule has 0 N–H and O–H groups in total. The molecule has 0 bridgehead atoms. The van der Waals surface area contributed by atoms with Crippen LogP contribution in [0.15, 0.2) is 18.5 Å². The van der Waals surface area contributed by atoms with E-state index >= 15 is 0 Å². The number of Topliss-reactive ketones (excluding diaryl/α,β-unsaturated/α-hetero) is 1. The Morgan fingerprint density at radius 2 is 2.12 bits per heavy atom. The molecule has 4 nitrogen and oxygen atoms in total. The van der Waals surface area contributed by atoms with Crippen LogP contribution in [0.1, 0.15) is 31.1 Å². The fourth-order valence-corrected chi connectivity index (χ4v) is 1.30. The number of ketones is 1. The second-order valence-corrected chi connectivity index (χ2v) is 4.03. The zero-order valence-corrected chi connectivity index (χ0v) is 9.99. The summed E-state index contributed by atoms with van der Waals surface area (Å²) in [6.07, 6.45) is 2.24. The molecule has 0 spiro atoms. The Bertz CT molecular complexity index is 443. The van der Waals surface area contributed by atoms with Crippen molar-refractivity contribution >= 4 is 11.8 Å². The molecule has 17 heavy (non-hydrogen) atoms. The first kappa shape index (κ1) is 13.3. The lowest BCUT2D eigenvalue weighted by Gasteiger charge is -2.20. The van der Waals surface area contributed by atoms with E-state index in [0.717, 1.165) is 6.20 Å². The molecule has 0 aliphatic rings. The number of esters is 1. The van der Waals surface area contributed by atoms with Crippen molar-refractivity contribution in [2.45, 2.75) is 20.8 Å². The van der Waals surface area contributed by atoms with E-state index in [0.29, 0.717) is 0 Å². The molecule has 0 atom stereocenters. The lowest BCUT2D eigenvalue weighted by Crippen LogP contribution is -2.35. The van der Waals surface area contributed by atoms with Crippen molar-refractivity contribution in [3.63, 3.8) is 0 Å². The second-order valence-electron chi connectivity index (χ2n) is 4.03. The van der Waals surface area contributed by atoms with Gasteiger partial charge in [-0.2, -0.15) is 0 Å². The van der Waals surface area contributed by atoms with Crippen molar-refractivity contribution in [1.29, 1.82) is 0 Å². The van der Waals surface area contributed by atoms with Crippen molar-refractivity contribution in [2.24, 2.45) is 5.41 Å². The number of carbonyl (C=O) groups excluding carboxylic acids is 2. The summed E-state index contributed by atoms with van der Waals surface area (Å²) >= 11 is 0. The van der Waals surface area contributed by atoms with Crippen molar-refractivity contribution in [1.82, 2.24) is 4.98 Å². The van der Waals surface area contributed by atoms with Gasteiger partial charge >= 0.3 is 5.97 Å². The number of aromatic nitrogens is 1. The number of carbonyl (C=O) groups is 2. The number of rotatable bonds is 4. The molecular formula is C12H14FNO3. The van der Waals surface area contributed by atoms with Crippen molar-refractivity contribution in [2.75, 3.05) is 6.61 Å². The van der Waals surface area contributed by atoms with Crippen molar-refractivity contribution < 1.29 is 18.7 Å². The molecule has 1 aromatic heterocycles. The third-order valence-corrected chi connectivity index (χ3v) is 2.37. The van der Waals surface area contributed by atoms with Crippen LogP contribution in [0.3, 0.4) is 0 Å². The molecule has 92 valence electrons. The molecule has 1 aromatic rings. The average Bonchev–Trinajstić information content (AvgIpc) is 2.29. The van der Waals surface area contributed by atoms with Gasteiger partial charge in [0.1, 0.15) is 5.41 Å². The van der Waals surface area contributed by atoms with Gasteiger partial charge in [0, 0.05) is 6.20 Å². The lowest BCUT2D eigenvalue weighted by atomic mass is 9.84. The summed E-state index contributed by atoms with van der Waals surface area (Å²) in [4.78, 5) is 27.2. The van der Waals surface area contributed by atoms with Gasteiger partial charge in [-0.1, -0.05) is 0 Å². The summed E-state index contributed by atoms with van der Waals surface area (Å²) in [5.41, 5.74) is -1.56. The summed E-state index contributed by atoms with van der Waals surface area (Å²) in [5.74, 6) is -2.02. The van der Waals surface area contributed by atoms with Gasteiger partial charge in [0.05, 0.1) is 18.4 Å². The molecule has 0 saturated carbocycles. The molecule has 0 aromatic carbocycles. The predicted molar refractivity (Wildman–Crippen MR) is 58.9 cm³/mol. The van der Waals surface area contributed by atoms with E-state index in [1.54, 1.807) is 6.92 Å². The smallest absolute Gasteiger partial charge is 0.319 e. The van der Waals surface area contributed by atoms with Gasteiger partial charge in [0.2, 0.25) is 0 Å². The van der Waals surface area contributed by atoms with E-state index in [1.165, 1.54) is 26.1 Å². The van der Waals surface area contributed by atoms with E-state index < -0.39 is 23.0 Å². The fraction of sp³-hybridized carbons (Fsp3) is 0.417. The fourth-order valence-electron chi connectivity index (χ4n) is 1.30. The minimum absolute atomic E-state index is 0.155. The maximum absolute atomic E-state index is 13.4. The maximum Gasteiger partial charge on any atom is 0.319 e. The van der Waals surface area contributed by atoms with Gasteiger partial charge < -0.3 is 4.74 Å². The SMILES string of the molecule is CCOC(=O)C(C)(C)C(=O)c1ccncc1F. The summed E-state index contributed by atoms with van der Waals surface area (Å²) in [6, 6.07) is 1.25. The quantitative estimate of drug-likeness (QED) is 0.458. The van der Waals surface area contributed by atoms with Gasteiger partial charge in [-0.15, -0.1) is 0 Å². The molecule has 0 aliphatic carbocycles. The summed E-state index contributed by atoms with van der Waals surface area (Å²) in [7, 11) is 0. The molecule has 0 amide bonds. The third kappa shape index (κ3) is 2.67. The molecule has 1 rings (SSSR count). The highest BCUT2D eigenvalue weighted by Crippen LogP contribution is 2.24. The van der Waals surface area contributed by atoms with Gasteiger partial charge in [-0.3, -0.25) is 14.6 Å². The first-order chi connectivity index (χ1) is 7.91. The molecule has 0 aliphatic heterocycles. The van der Waals surface area contributed by atoms with Crippen LogP contribution in [0, 0.1) is 11.2 Å². The molecular weight excluding hydrogens is 225 g/mol. The summed E-state index contributed by atoms with van der Waals surface area (Å²) in [6.45, 7) is 4.64. The molecule has 0 saturated heterocycles. The Morgan fingerprint density at radius 1 is 1.47 bits per heavy atom. The van der Waals surface area contributed by atoms with Crippen LogP contribution in [0.4, 0.5) is 4.39 Å². The highest BCUT2D eigenvalue weighted by atomic mass is 19.1. The van der Waals surface area contributed by atoms with Crippen molar-refractivity contribution in [3.8, 4) is 0 Å². The number of pyridine rings is 1. The maximum atomic E-state index is 13.4. The van der Waals surface area contributed by atoms with Crippen LogP contribution >= 0.6 is 0 Å². The van der Waals surface area contributed by atoms with Crippen LogP contribution in [0.5, 0.6) is 0 Å². The van der Waals surface area contributed by atoms with Gasteiger partial charge in [0.25, 0.3) is 0 Å². The van der Waals surface area contributed by atoms with Gasteiger partial charge in [0.15, 0.2) is 11.6 Å². The number of ether oxygens (including phenoxy) is 1. The Morgan fingerprint density at radius 3 is 2.65 bits per heavy atom. The zero-order valence-electron chi connectivity index (χ0n) is 9.99. The number of nitrogens with zero attached hydrogens (tertiary/aromatic N) is 1. The second kappa shape index (κ2) is 5.03. The normalized spacial score (nSPS) is 11.1. The van der Waals surface area contributed by atoms with E-state index in [-0.39, 0.29) is 12.2 Å². The Hall–Kier alpha value is -1.78. The minimum atomic E-state index is -1.40. The summed E-state index contributed by atoms with van der Waals surface area (Å²) < 4.78 is 18.2. The third-order valence-electron chi connectivity index (χ3n) is 2.37. The standard InChI is InChI=1S/C12H14FNO3/c1-4-17-11(16)12(2,3)10(15)8-5-6-14-7-9(8)13/h5-7H,4H2,1-3H3. The summed E-state index contributed by atoms with van der Waals surface area (Å²) in [5, 5.41) is 0. The average molecular weight is 239 g/mol. The van der Waals surface area contributed by atoms with E-state index in [2.05, 4.69) is 4.98 Å². The number of hydrogen-bond donors (Lipinski definition) is 0. The largest absolute Gasteiger partial charge is 0.465 e. The molecule has 5 heteroatoms. The Labute approximate surface area is 98.8 Å². The number of halogens is 1. The van der Waals surface area contributed by atoms with Gasteiger partial charge in [-0.25, -0.2) is 4.39 Å². The highest BCUT2D eigenvalue weighted by Gasteiger charge is 2.39. The van der Waals surface area contributed by atoms with E-state index in [4.69, 9.17) is 4.74 Å². The highest BCUT2D eigenvalue weighted by molar-refractivity contribution is 6.11. The predicted octanol–water partition coefficient (Wildman–Crippen LogP) is 1.99. The Kier molecular flexibility index (Phi) is 3.93. The lowest BCUT2D eigenvalue weighted by molar-refractivity contribution is -0.150. The van der Waals surface area contributed by atoms with Crippen LogP contribution in [-0.2, 0) is 9.53 Å². The van der Waals surface area contributed by atoms with E-state index in [9.17, 15) is 14.0 Å². The van der Waals surface area contributed by atoms with Gasteiger partial charge in [-0.05, 0) is 26.8 Å². The topological polar surface area (TPSA) is 56.3 Å². The first-order valence-electron chi connectivity index (χ1n) is 5.22.